The van der Waals surface area contributed by atoms with E-state index >= 15 is 0 Å². The van der Waals surface area contributed by atoms with Crippen molar-refractivity contribution in [2.45, 2.75) is 13.0 Å². The Kier molecular flexibility index (Phi) is 2.69. The van der Waals surface area contributed by atoms with Crippen molar-refractivity contribution in [3.05, 3.63) is 35.9 Å². The molecule has 0 fully saturated rings. The summed E-state index contributed by atoms with van der Waals surface area (Å²) in [6.07, 6.45) is -1.24. The number of hydrogen-bond donors (Lipinski definition) is 1. The maximum Gasteiger partial charge on any atom is 0.451 e. The summed E-state index contributed by atoms with van der Waals surface area (Å²) < 4.78 is 0. The van der Waals surface area contributed by atoms with Gasteiger partial charge in [-0.25, -0.2) is 9.90 Å². The van der Waals surface area contributed by atoms with Gasteiger partial charge in [0.15, 0.2) is 0 Å². The normalized spacial score (nSPS) is 12.1. The summed E-state index contributed by atoms with van der Waals surface area (Å²) >= 11 is 0. The molecule has 1 atom stereocenters. The van der Waals surface area contributed by atoms with Crippen molar-refractivity contribution in [3.63, 3.8) is 0 Å². The molecule has 0 aliphatic rings. The standard InChI is InChI=1S/C9H10NO2/c1-7(10-9(11)12)8-5-3-2-4-6-8/h2-7,10H,1H3/t7-/m0/s1. The number of carbonyl (C=O) groups is 1. The molecule has 3 nitrogen and oxygen atoms in total. The van der Waals surface area contributed by atoms with Crippen molar-refractivity contribution in [2.75, 3.05) is 0 Å². The third-order valence-corrected chi connectivity index (χ3v) is 1.63. The minimum Gasteiger partial charge on any atom is -0.312 e. The zero-order chi connectivity index (χ0) is 8.97. The molecule has 1 rings (SSSR count). The lowest BCUT2D eigenvalue weighted by Crippen LogP contribution is -2.23. The Morgan fingerprint density at radius 2 is 1.92 bits per heavy atom. The Balaban J connectivity index is 2.65. The quantitative estimate of drug-likeness (QED) is 0.712. The molecule has 0 saturated heterocycles. The fraction of sp³-hybridized carbons (Fsp3) is 0.222. The number of hydrogen-bond acceptors (Lipinski definition) is 1. The first-order valence-electron chi connectivity index (χ1n) is 3.72. The molecule has 1 aromatic carbocycles. The summed E-state index contributed by atoms with van der Waals surface area (Å²) in [6.45, 7) is 1.77. The van der Waals surface area contributed by atoms with Crippen molar-refractivity contribution >= 4 is 6.09 Å². The molecule has 1 radical (unpaired) electrons. The van der Waals surface area contributed by atoms with E-state index in [0.717, 1.165) is 5.56 Å². The number of rotatable bonds is 2. The summed E-state index contributed by atoms with van der Waals surface area (Å²) in [6, 6.07) is 9.12. The molecule has 12 heavy (non-hydrogen) atoms. The zero-order valence-electron chi connectivity index (χ0n) is 6.78. The van der Waals surface area contributed by atoms with E-state index in [1.807, 2.05) is 30.3 Å². The highest BCUT2D eigenvalue weighted by Crippen LogP contribution is 2.10. The molecule has 0 aliphatic heterocycles. The van der Waals surface area contributed by atoms with Gasteiger partial charge in [-0.2, -0.15) is 0 Å². The molecule has 0 aliphatic carbocycles. The third kappa shape index (κ3) is 2.27. The average molecular weight is 164 g/mol. The second-order valence-corrected chi connectivity index (χ2v) is 2.56. The molecule has 0 bridgehead atoms. The Morgan fingerprint density at radius 3 is 2.42 bits per heavy atom. The van der Waals surface area contributed by atoms with Crippen molar-refractivity contribution in [2.24, 2.45) is 0 Å². The topological polar surface area (TPSA) is 49.0 Å². The Bertz CT molecular complexity index is 258. The van der Waals surface area contributed by atoms with Gasteiger partial charge in [0.05, 0.1) is 6.04 Å². The molecule has 0 unspecified atom stereocenters. The number of nitrogens with one attached hydrogen (secondary N) is 1. The lowest BCUT2D eigenvalue weighted by molar-refractivity contribution is 0.165. The van der Waals surface area contributed by atoms with Crippen LogP contribution in [-0.4, -0.2) is 6.09 Å². The van der Waals surface area contributed by atoms with Gasteiger partial charge >= 0.3 is 6.09 Å². The van der Waals surface area contributed by atoms with Crippen LogP contribution in [0, 0.1) is 0 Å². The first kappa shape index (κ1) is 8.59. The number of amides is 1. The van der Waals surface area contributed by atoms with Gasteiger partial charge in [-0.1, -0.05) is 30.3 Å². The van der Waals surface area contributed by atoms with Crippen LogP contribution >= 0.6 is 0 Å². The zero-order valence-corrected chi connectivity index (χ0v) is 6.78. The van der Waals surface area contributed by atoms with Crippen LogP contribution in [0.3, 0.4) is 0 Å². The Labute approximate surface area is 71.0 Å². The fourth-order valence-corrected chi connectivity index (χ4v) is 1.00. The molecule has 0 heterocycles. The second-order valence-electron chi connectivity index (χ2n) is 2.56. The SMILES string of the molecule is C[C@H](NC([O])=O)c1ccccc1. The smallest absolute Gasteiger partial charge is 0.312 e. The van der Waals surface area contributed by atoms with E-state index in [9.17, 15) is 9.90 Å². The number of carbonyl (C=O) groups excluding carboxylic acids is 1. The minimum atomic E-state index is -1.24. The number of benzene rings is 1. The fourth-order valence-electron chi connectivity index (χ4n) is 1.00. The van der Waals surface area contributed by atoms with E-state index in [1.54, 1.807) is 6.92 Å². The van der Waals surface area contributed by atoms with E-state index in [-0.39, 0.29) is 6.04 Å². The van der Waals surface area contributed by atoms with E-state index < -0.39 is 6.09 Å². The van der Waals surface area contributed by atoms with Gasteiger partial charge in [-0.3, -0.25) is 0 Å². The molecule has 0 spiro atoms. The van der Waals surface area contributed by atoms with E-state index in [4.69, 9.17) is 0 Å². The third-order valence-electron chi connectivity index (χ3n) is 1.63. The minimum absolute atomic E-state index is 0.212. The highest BCUT2D eigenvalue weighted by atomic mass is 16.4. The van der Waals surface area contributed by atoms with Crippen molar-refractivity contribution in [1.82, 2.24) is 5.32 Å². The van der Waals surface area contributed by atoms with Crippen LogP contribution in [0.4, 0.5) is 4.79 Å². The van der Waals surface area contributed by atoms with Gasteiger partial charge in [-0.05, 0) is 12.5 Å². The molecular formula is C9H10NO2. The molecule has 0 aromatic heterocycles. The lowest BCUT2D eigenvalue weighted by atomic mass is 10.1. The lowest BCUT2D eigenvalue weighted by Gasteiger charge is -2.09. The van der Waals surface area contributed by atoms with Gasteiger partial charge in [-0.15, -0.1) is 0 Å². The van der Waals surface area contributed by atoms with E-state index in [0.29, 0.717) is 0 Å². The van der Waals surface area contributed by atoms with Crippen LogP contribution < -0.4 is 5.32 Å². The summed E-state index contributed by atoms with van der Waals surface area (Å²) in [4.78, 5) is 10.2. The highest BCUT2D eigenvalue weighted by molar-refractivity contribution is 5.64. The maximum absolute atomic E-state index is 10.2. The van der Waals surface area contributed by atoms with Gasteiger partial charge in [0, 0.05) is 0 Å². The second kappa shape index (κ2) is 3.76. The summed E-state index contributed by atoms with van der Waals surface area (Å²) in [5.74, 6) is 0. The van der Waals surface area contributed by atoms with Crippen molar-refractivity contribution in [1.29, 1.82) is 0 Å². The van der Waals surface area contributed by atoms with Gasteiger partial charge in [0.2, 0.25) is 0 Å². The van der Waals surface area contributed by atoms with Crippen LogP contribution in [0.25, 0.3) is 0 Å². The van der Waals surface area contributed by atoms with E-state index in [2.05, 4.69) is 5.32 Å². The van der Waals surface area contributed by atoms with Crippen LogP contribution in [0.15, 0.2) is 30.3 Å². The first-order chi connectivity index (χ1) is 5.70. The van der Waals surface area contributed by atoms with Crippen molar-refractivity contribution in [3.8, 4) is 0 Å². The van der Waals surface area contributed by atoms with Gasteiger partial charge < -0.3 is 5.32 Å². The summed E-state index contributed by atoms with van der Waals surface area (Å²) in [7, 11) is 0. The average Bonchev–Trinajstić information content (AvgIpc) is 2.05. The molecule has 1 N–H and O–H groups in total. The summed E-state index contributed by atoms with van der Waals surface area (Å²) in [5, 5.41) is 12.4. The molecule has 0 saturated carbocycles. The summed E-state index contributed by atoms with van der Waals surface area (Å²) in [5.41, 5.74) is 0.932. The largest absolute Gasteiger partial charge is 0.451 e. The maximum atomic E-state index is 10.2. The van der Waals surface area contributed by atoms with Gasteiger partial charge in [0.1, 0.15) is 0 Å². The van der Waals surface area contributed by atoms with Gasteiger partial charge in [0.25, 0.3) is 0 Å². The molecule has 1 amide bonds. The van der Waals surface area contributed by atoms with Crippen LogP contribution in [-0.2, 0) is 5.11 Å². The Hall–Kier alpha value is -1.51. The monoisotopic (exact) mass is 164 g/mol. The Morgan fingerprint density at radius 1 is 1.33 bits per heavy atom. The molecule has 1 aromatic rings. The highest BCUT2D eigenvalue weighted by Gasteiger charge is 2.07. The predicted molar refractivity (Wildman–Crippen MR) is 44.1 cm³/mol. The first-order valence-corrected chi connectivity index (χ1v) is 3.72. The van der Waals surface area contributed by atoms with E-state index in [1.165, 1.54) is 0 Å². The van der Waals surface area contributed by atoms with Crippen LogP contribution in [0.2, 0.25) is 0 Å². The molecule has 63 valence electrons. The molecular weight excluding hydrogens is 154 g/mol. The van der Waals surface area contributed by atoms with Crippen molar-refractivity contribution < 1.29 is 9.90 Å². The molecule has 3 heteroatoms. The predicted octanol–water partition coefficient (Wildman–Crippen LogP) is 1.89. The van der Waals surface area contributed by atoms with Crippen LogP contribution in [0.5, 0.6) is 0 Å². The van der Waals surface area contributed by atoms with Crippen LogP contribution in [0.1, 0.15) is 18.5 Å².